The van der Waals surface area contributed by atoms with Gasteiger partial charge in [0.15, 0.2) is 0 Å². The highest BCUT2D eigenvalue weighted by molar-refractivity contribution is 5.31. The van der Waals surface area contributed by atoms with Crippen LogP contribution in [0.5, 0.6) is 5.75 Å². The van der Waals surface area contributed by atoms with Gasteiger partial charge < -0.3 is 15.2 Å². The predicted molar refractivity (Wildman–Crippen MR) is 68.5 cm³/mol. The number of hydrogen-bond donors (Lipinski definition) is 2. The van der Waals surface area contributed by atoms with Crippen molar-refractivity contribution < 1.29 is 9.84 Å². The molecule has 1 aromatic carbocycles. The Bertz CT molecular complexity index is 380. The predicted octanol–water partition coefficient (Wildman–Crippen LogP) is 1.91. The van der Waals surface area contributed by atoms with Crippen LogP contribution in [0.1, 0.15) is 31.2 Å². The van der Waals surface area contributed by atoms with E-state index >= 15 is 0 Å². The molecule has 0 amide bonds. The number of methoxy groups -OCH3 is 1. The lowest BCUT2D eigenvalue weighted by Gasteiger charge is -2.38. The lowest BCUT2D eigenvalue weighted by Crippen LogP contribution is -2.50. The third kappa shape index (κ3) is 2.79. The second-order valence-electron chi connectivity index (χ2n) is 5.11. The number of aliphatic hydroxyl groups excluding tert-OH is 1. The highest BCUT2D eigenvalue weighted by Crippen LogP contribution is 2.33. The van der Waals surface area contributed by atoms with Crippen molar-refractivity contribution in [2.45, 2.75) is 31.2 Å². The van der Waals surface area contributed by atoms with E-state index in [1.165, 1.54) is 5.56 Å². The van der Waals surface area contributed by atoms with Gasteiger partial charge in [0.2, 0.25) is 0 Å². The molecule has 2 atom stereocenters. The Kier molecular flexibility index (Phi) is 3.69. The van der Waals surface area contributed by atoms with Gasteiger partial charge in [-0.1, -0.05) is 12.1 Å². The molecule has 0 spiro atoms. The van der Waals surface area contributed by atoms with Crippen molar-refractivity contribution in [3.8, 4) is 5.75 Å². The maximum absolute atomic E-state index is 9.43. The zero-order valence-corrected chi connectivity index (χ0v) is 10.6. The average Bonchev–Trinajstić information content (AvgIpc) is 2.39. The largest absolute Gasteiger partial charge is 0.497 e. The van der Waals surface area contributed by atoms with Gasteiger partial charge in [-0.3, -0.25) is 0 Å². The van der Waals surface area contributed by atoms with Gasteiger partial charge in [-0.2, -0.15) is 0 Å². The van der Waals surface area contributed by atoms with Crippen molar-refractivity contribution in [2.24, 2.45) is 0 Å². The number of benzene rings is 1. The Hall–Kier alpha value is -1.06. The van der Waals surface area contributed by atoms with Crippen molar-refractivity contribution in [1.29, 1.82) is 0 Å². The van der Waals surface area contributed by atoms with Crippen LogP contribution < -0.4 is 10.1 Å². The van der Waals surface area contributed by atoms with E-state index in [-0.39, 0.29) is 12.1 Å². The van der Waals surface area contributed by atoms with Gasteiger partial charge in [-0.25, -0.2) is 0 Å². The number of aliphatic hydroxyl groups is 1. The molecule has 1 aliphatic heterocycles. The van der Waals surface area contributed by atoms with Crippen molar-refractivity contribution >= 4 is 0 Å². The average molecular weight is 235 g/mol. The minimum atomic E-state index is -0.147. The van der Waals surface area contributed by atoms with Crippen molar-refractivity contribution in [3.05, 3.63) is 29.8 Å². The van der Waals surface area contributed by atoms with Gasteiger partial charge in [0, 0.05) is 5.54 Å². The molecular weight excluding hydrogens is 214 g/mol. The molecule has 2 rings (SSSR count). The number of nitrogens with one attached hydrogen (secondary N) is 1. The quantitative estimate of drug-likeness (QED) is 0.841. The highest BCUT2D eigenvalue weighted by Gasteiger charge is 2.31. The monoisotopic (exact) mass is 235 g/mol. The summed E-state index contributed by atoms with van der Waals surface area (Å²) >= 11 is 0. The third-order valence-corrected chi connectivity index (χ3v) is 3.66. The van der Waals surface area contributed by atoms with Crippen molar-refractivity contribution in [1.82, 2.24) is 5.32 Å². The normalized spacial score (nSPS) is 29.0. The van der Waals surface area contributed by atoms with Crippen molar-refractivity contribution in [3.63, 3.8) is 0 Å². The van der Waals surface area contributed by atoms with Crippen LogP contribution in [0.2, 0.25) is 0 Å². The van der Waals surface area contributed by atoms with Gasteiger partial charge in [0.1, 0.15) is 5.75 Å². The molecule has 1 heterocycles. The molecule has 1 aliphatic rings. The van der Waals surface area contributed by atoms with E-state index in [1.54, 1.807) is 7.11 Å². The third-order valence-electron chi connectivity index (χ3n) is 3.66. The van der Waals surface area contributed by atoms with Crippen LogP contribution in [0.15, 0.2) is 24.3 Å². The van der Waals surface area contributed by atoms with E-state index in [0.717, 1.165) is 25.1 Å². The van der Waals surface area contributed by atoms with Crippen LogP contribution >= 0.6 is 0 Å². The van der Waals surface area contributed by atoms with Gasteiger partial charge in [-0.05, 0) is 49.9 Å². The summed E-state index contributed by atoms with van der Waals surface area (Å²) in [6, 6.07) is 8.26. The first-order valence-corrected chi connectivity index (χ1v) is 6.17. The van der Waals surface area contributed by atoms with E-state index in [4.69, 9.17) is 4.74 Å². The SMILES string of the molecule is COc1cccc(C2CCNC(C)(CO)C2)c1. The maximum atomic E-state index is 9.43. The first-order valence-electron chi connectivity index (χ1n) is 6.17. The first kappa shape index (κ1) is 12.4. The fourth-order valence-corrected chi connectivity index (χ4v) is 2.57. The molecular formula is C14H21NO2. The number of piperidine rings is 1. The second kappa shape index (κ2) is 5.07. The molecule has 0 aromatic heterocycles. The molecule has 2 unspecified atom stereocenters. The molecule has 1 aromatic rings. The zero-order valence-electron chi connectivity index (χ0n) is 10.6. The lowest BCUT2D eigenvalue weighted by molar-refractivity contribution is 0.137. The summed E-state index contributed by atoms with van der Waals surface area (Å²) in [5.41, 5.74) is 1.16. The van der Waals surface area contributed by atoms with Gasteiger partial charge in [0.25, 0.3) is 0 Å². The highest BCUT2D eigenvalue weighted by atomic mass is 16.5. The fraction of sp³-hybridized carbons (Fsp3) is 0.571. The van der Waals surface area contributed by atoms with E-state index in [1.807, 2.05) is 12.1 Å². The number of hydrogen-bond acceptors (Lipinski definition) is 3. The molecule has 0 saturated carbocycles. The number of rotatable bonds is 3. The van der Waals surface area contributed by atoms with Crippen LogP contribution in [0, 0.1) is 0 Å². The maximum Gasteiger partial charge on any atom is 0.119 e. The van der Waals surface area contributed by atoms with E-state index < -0.39 is 0 Å². The van der Waals surface area contributed by atoms with Crippen LogP contribution in [0.3, 0.4) is 0 Å². The van der Waals surface area contributed by atoms with E-state index in [0.29, 0.717) is 5.92 Å². The molecule has 0 bridgehead atoms. The Labute approximate surface area is 103 Å². The van der Waals surface area contributed by atoms with Crippen LogP contribution in [0.25, 0.3) is 0 Å². The van der Waals surface area contributed by atoms with Crippen LogP contribution in [0.4, 0.5) is 0 Å². The zero-order chi connectivity index (χ0) is 12.3. The van der Waals surface area contributed by atoms with E-state index in [2.05, 4.69) is 24.4 Å². The molecule has 3 heteroatoms. The molecule has 17 heavy (non-hydrogen) atoms. The Morgan fingerprint density at radius 3 is 3.06 bits per heavy atom. The molecule has 0 radical (unpaired) electrons. The summed E-state index contributed by atoms with van der Waals surface area (Å²) < 4.78 is 5.26. The van der Waals surface area contributed by atoms with Crippen LogP contribution in [-0.2, 0) is 0 Å². The summed E-state index contributed by atoms with van der Waals surface area (Å²) in [4.78, 5) is 0. The summed E-state index contributed by atoms with van der Waals surface area (Å²) in [7, 11) is 1.69. The Morgan fingerprint density at radius 1 is 1.53 bits per heavy atom. The first-order chi connectivity index (χ1) is 8.17. The summed E-state index contributed by atoms with van der Waals surface area (Å²) in [5.74, 6) is 1.41. The summed E-state index contributed by atoms with van der Waals surface area (Å²) in [6.07, 6.45) is 2.08. The molecule has 2 N–H and O–H groups in total. The summed E-state index contributed by atoms with van der Waals surface area (Å²) in [6.45, 7) is 3.23. The van der Waals surface area contributed by atoms with Crippen LogP contribution in [-0.4, -0.2) is 30.9 Å². The molecule has 94 valence electrons. The summed E-state index contributed by atoms with van der Waals surface area (Å²) in [5, 5.41) is 12.8. The molecule has 1 saturated heterocycles. The smallest absolute Gasteiger partial charge is 0.119 e. The second-order valence-corrected chi connectivity index (χ2v) is 5.11. The Morgan fingerprint density at radius 2 is 2.35 bits per heavy atom. The van der Waals surface area contributed by atoms with Gasteiger partial charge >= 0.3 is 0 Å². The Balaban J connectivity index is 2.16. The topological polar surface area (TPSA) is 41.5 Å². The fourth-order valence-electron chi connectivity index (χ4n) is 2.57. The number of ether oxygens (including phenoxy) is 1. The molecule has 0 aliphatic carbocycles. The van der Waals surface area contributed by atoms with E-state index in [9.17, 15) is 5.11 Å². The lowest BCUT2D eigenvalue weighted by atomic mass is 9.80. The van der Waals surface area contributed by atoms with Crippen molar-refractivity contribution in [2.75, 3.05) is 20.3 Å². The van der Waals surface area contributed by atoms with Gasteiger partial charge in [-0.15, -0.1) is 0 Å². The molecule has 1 fully saturated rings. The standard InChI is InChI=1S/C14H21NO2/c1-14(10-16)9-12(6-7-15-14)11-4-3-5-13(8-11)17-2/h3-5,8,12,15-16H,6-7,9-10H2,1-2H3. The minimum Gasteiger partial charge on any atom is -0.497 e. The minimum absolute atomic E-state index is 0.147. The van der Waals surface area contributed by atoms with Gasteiger partial charge in [0.05, 0.1) is 13.7 Å². The molecule has 3 nitrogen and oxygen atoms in total.